The lowest BCUT2D eigenvalue weighted by Crippen LogP contribution is -2.30. The van der Waals surface area contributed by atoms with Crippen LogP contribution in [0.1, 0.15) is 55.8 Å². The lowest BCUT2D eigenvalue weighted by atomic mass is 10.1. The van der Waals surface area contributed by atoms with E-state index in [1.807, 2.05) is 16.7 Å². The van der Waals surface area contributed by atoms with Crippen molar-refractivity contribution >= 4 is 29.2 Å². The predicted octanol–water partition coefficient (Wildman–Crippen LogP) is 1.97. The molecule has 9 nitrogen and oxygen atoms in total. The van der Waals surface area contributed by atoms with E-state index in [1.165, 1.54) is 11.9 Å². The molecule has 2 aliphatic heterocycles. The second-order valence-corrected chi connectivity index (χ2v) is 8.31. The van der Waals surface area contributed by atoms with Gasteiger partial charge in [-0.3, -0.25) is 19.4 Å². The number of carbonyl (C=O) groups is 3. The largest absolute Gasteiger partial charge is 0.461 e. The number of aromatic nitrogens is 2. The van der Waals surface area contributed by atoms with Gasteiger partial charge in [-0.15, -0.1) is 0 Å². The van der Waals surface area contributed by atoms with Crippen LogP contribution in [0.4, 0.5) is 10.5 Å². The van der Waals surface area contributed by atoms with Crippen molar-refractivity contribution in [3.63, 3.8) is 0 Å². The molecule has 0 unspecified atom stereocenters. The zero-order chi connectivity index (χ0) is 21.0. The maximum atomic E-state index is 12.6. The Bertz CT molecular complexity index is 1040. The highest BCUT2D eigenvalue weighted by Crippen LogP contribution is 2.42. The average molecular weight is 411 g/mol. The van der Waals surface area contributed by atoms with Crippen LogP contribution in [-0.2, 0) is 14.3 Å². The molecular formula is C21H25N5O4. The van der Waals surface area contributed by atoms with E-state index in [0.717, 1.165) is 29.0 Å². The molecule has 2 aromatic heterocycles. The molecule has 1 aliphatic carbocycles. The number of anilines is 1. The summed E-state index contributed by atoms with van der Waals surface area (Å²) in [4.78, 5) is 43.8. The summed E-state index contributed by atoms with van der Waals surface area (Å²) in [6.07, 6.45) is 7.16. The topological polar surface area (TPSA) is 96.2 Å². The van der Waals surface area contributed by atoms with Crippen LogP contribution < -0.4 is 10.2 Å². The Kier molecular flexibility index (Phi) is 4.50. The molecule has 0 bridgehead atoms. The van der Waals surface area contributed by atoms with Crippen molar-refractivity contribution < 1.29 is 19.1 Å². The maximum absolute atomic E-state index is 12.6. The van der Waals surface area contributed by atoms with Crippen molar-refractivity contribution in [2.24, 2.45) is 0 Å². The van der Waals surface area contributed by atoms with Crippen LogP contribution in [0.15, 0.2) is 18.5 Å². The first-order chi connectivity index (χ1) is 14.4. The van der Waals surface area contributed by atoms with E-state index in [-0.39, 0.29) is 36.6 Å². The van der Waals surface area contributed by atoms with Gasteiger partial charge in [0.15, 0.2) is 5.65 Å². The molecule has 1 N–H and O–H groups in total. The van der Waals surface area contributed by atoms with E-state index in [2.05, 4.69) is 11.5 Å². The van der Waals surface area contributed by atoms with Gasteiger partial charge in [0.05, 0.1) is 17.4 Å². The number of fused-ring (bicyclic) bond motifs is 1. The minimum Gasteiger partial charge on any atom is -0.461 e. The number of urea groups is 1. The molecule has 3 fully saturated rings. The third-order valence-corrected chi connectivity index (χ3v) is 6.13. The van der Waals surface area contributed by atoms with Crippen molar-refractivity contribution in [3.8, 4) is 0 Å². The van der Waals surface area contributed by atoms with E-state index in [0.29, 0.717) is 36.6 Å². The molecule has 0 radical (unpaired) electrons. The van der Waals surface area contributed by atoms with Crippen LogP contribution in [0.25, 0.3) is 5.65 Å². The Hall–Kier alpha value is -2.94. The Morgan fingerprint density at radius 2 is 2.10 bits per heavy atom. The fourth-order valence-corrected chi connectivity index (χ4v) is 4.20. The number of imide groups is 1. The summed E-state index contributed by atoms with van der Waals surface area (Å²) in [5.74, 6) is 0.0718. The van der Waals surface area contributed by atoms with E-state index in [9.17, 15) is 14.4 Å². The standard InChI is InChI=1S/C21H25N5O4/c1-3-19(28)30-14-7-15(22-8-14)16-10-25-9-13(12-4-5-12)6-17(20(25)23-16)26-11-18(27)24(2)21(26)29/h6,9-10,12,14-15,22H,3-5,7-8,11H2,1-2H3/t14-,15+/m0/s1. The van der Waals surface area contributed by atoms with Gasteiger partial charge >= 0.3 is 12.0 Å². The first-order valence-electron chi connectivity index (χ1n) is 10.5. The number of esters is 1. The second kappa shape index (κ2) is 7.09. The van der Waals surface area contributed by atoms with Crippen molar-refractivity contribution in [1.29, 1.82) is 0 Å². The molecule has 4 heterocycles. The molecular weight excluding hydrogens is 386 g/mol. The Balaban J connectivity index is 1.49. The number of ether oxygens (including phenoxy) is 1. The first-order valence-corrected chi connectivity index (χ1v) is 10.5. The van der Waals surface area contributed by atoms with Crippen LogP contribution in [0.3, 0.4) is 0 Å². The third kappa shape index (κ3) is 3.23. The van der Waals surface area contributed by atoms with Crippen LogP contribution in [-0.4, -0.2) is 58.4 Å². The molecule has 2 atom stereocenters. The van der Waals surface area contributed by atoms with Crippen LogP contribution in [0, 0.1) is 0 Å². The van der Waals surface area contributed by atoms with Gasteiger partial charge in [-0.2, -0.15) is 0 Å². The lowest BCUT2D eigenvalue weighted by molar-refractivity contribution is -0.147. The van der Waals surface area contributed by atoms with E-state index >= 15 is 0 Å². The number of hydrogen-bond donors (Lipinski definition) is 1. The summed E-state index contributed by atoms with van der Waals surface area (Å²) in [6, 6.07) is 1.64. The van der Waals surface area contributed by atoms with E-state index < -0.39 is 0 Å². The van der Waals surface area contributed by atoms with Gasteiger partial charge in [-0.25, -0.2) is 9.78 Å². The van der Waals surface area contributed by atoms with Crippen LogP contribution in [0.5, 0.6) is 0 Å². The summed E-state index contributed by atoms with van der Waals surface area (Å²) in [5, 5.41) is 3.38. The zero-order valence-electron chi connectivity index (χ0n) is 17.1. The number of rotatable bonds is 5. The smallest absolute Gasteiger partial charge is 0.331 e. The SMILES string of the molecule is CCC(=O)O[C@@H]1CN[C@@H](c2cn3cc(C4CC4)cc(N4CC(=O)N(C)C4=O)c3n2)C1. The summed E-state index contributed by atoms with van der Waals surface area (Å²) >= 11 is 0. The van der Waals surface area contributed by atoms with Crippen molar-refractivity contribution in [3.05, 3.63) is 29.7 Å². The van der Waals surface area contributed by atoms with Gasteiger partial charge in [-0.1, -0.05) is 6.92 Å². The molecule has 2 aromatic rings. The lowest BCUT2D eigenvalue weighted by Gasteiger charge is -2.17. The van der Waals surface area contributed by atoms with Crippen LogP contribution >= 0.6 is 0 Å². The molecule has 2 saturated heterocycles. The first kappa shape index (κ1) is 19.0. The van der Waals surface area contributed by atoms with Crippen molar-refractivity contribution in [2.45, 2.75) is 50.7 Å². The van der Waals surface area contributed by atoms with Gasteiger partial charge in [0, 0.05) is 38.8 Å². The maximum Gasteiger partial charge on any atom is 0.331 e. The normalized spacial score (nSPS) is 24.3. The van der Waals surface area contributed by atoms with Crippen molar-refractivity contribution in [2.75, 3.05) is 25.0 Å². The number of likely N-dealkylation sites (N-methyl/N-ethyl adjacent to an activating group) is 1. The highest BCUT2D eigenvalue weighted by atomic mass is 16.5. The Morgan fingerprint density at radius 3 is 2.77 bits per heavy atom. The number of imidazole rings is 1. The molecule has 3 aliphatic rings. The molecule has 9 heteroatoms. The number of pyridine rings is 1. The quantitative estimate of drug-likeness (QED) is 0.597. The van der Waals surface area contributed by atoms with Gasteiger partial charge < -0.3 is 14.5 Å². The summed E-state index contributed by atoms with van der Waals surface area (Å²) in [6.45, 7) is 2.40. The summed E-state index contributed by atoms with van der Waals surface area (Å²) < 4.78 is 7.42. The molecule has 158 valence electrons. The molecule has 1 saturated carbocycles. The molecule has 0 aromatic carbocycles. The van der Waals surface area contributed by atoms with Gasteiger partial charge in [0.2, 0.25) is 5.91 Å². The third-order valence-electron chi connectivity index (χ3n) is 6.13. The summed E-state index contributed by atoms with van der Waals surface area (Å²) in [5.41, 5.74) is 3.32. The summed E-state index contributed by atoms with van der Waals surface area (Å²) in [7, 11) is 1.50. The zero-order valence-corrected chi connectivity index (χ0v) is 17.1. The van der Waals surface area contributed by atoms with Crippen molar-refractivity contribution in [1.82, 2.24) is 19.6 Å². The fraction of sp³-hybridized carbons (Fsp3) is 0.524. The Morgan fingerprint density at radius 1 is 1.30 bits per heavy atom. The average Bonchev–Trinajstić information content (AvgIpc) is 3.25. The van der Waals surface area contributed by atoms with Gasteiger partial charge in [0.1, 0.15) is 12.6 Å². The number of nitrogens with one attached hydrogen (secondary N) is 1. The van der Waals surface area contributed by atoms with E-state index in [1.54, 1.807) is 6.92 Å². The minimum atomic E-state index is -0.329. The monoisotopic (exact) mass is 411 g/mol. The molecule has 3 amide bonds. The highest BCUT2D eigenvalue weighted by Gasteiger charge is 2.37. The predicted molar refractivity (Wildman–Crippen MR) is 108 cm³/mol. The highest BCUT2D eigenvalue weighted by molar-refractivity contribution is 6.13. The van der Waals surface area contributed by atoms with Gasteiger partial charge in [0.25, 0.3) is 0 Å². The molecule has 5 rings (SSSR count). The number of hydrogen-bond acceptors (Lipinski definition) is 6. The van der Waals surface area contributed by atoms with E-state index in [4.69, 9.17) is 9.72 Å². The van der Waals surface area contributed by atoms with Crippen LogP contribution in [0.2, 0.25) is 0 Å². The molecule has 0 spiro atoms. The fourth-order valence-electron chi connectivity index (χ4n) is 4.20. The Labute approximate surface area is 174 Å². The number of nitrogens with zero attached hydrogens (tertiary/aromatic N) is 4. The minimum absolute atomic E-state index is 0.0258. The molecule has 30 heavy (non-hydrogen) atoms. The number of amides is 3. The van der Waals surface area contributed by atoms with Gasteiger partial charge in [-0.05, 0) is 30.4 Å². The second-order valence-electron chi connectivity index (χ2n) is 8.31. The number of carbonyl (C=O) groups excluding carboxylic acids is 3.